The van der Waals surface area contributed by atoms with Crippen LogP contribution in [0, 0.1) is 13.8 Å². The molecule has 1 aromatic rings. The monoisotopic (exact) mass is 223 g/mol. The number of carboxylic acids is 1. The summed E-state index contributed by atoms with van der Waals surface area (Å²) in [5.41, 5.74) is 8.51. The summed E-state index contributed by atoms with van der Waals surface area (Å²) in [6.45, 7) is 3.81. The van der Waals surface area contributed by atoms with Crippen LogP contribution >= 0.6 is 0 Å². The quantitative estimate of drug-likeness (QED) is 0.727. The van der Waals surface area contributed by atoms with Gasteiger partial charge in [-0.25, -0.2) is 0 Å². The highest BCUT2D eigenvalue weighted by Crippen LogP contribution is 2.30. The van der Waals surface area contributed by atoms with E-state index in [1.165, 1.54) is 0 Å². The van der Waals surface area contributed by atoms with E-state index in [1.807, 2.05) is 19.9 Å². The summed E-state index contributed by atoms with van der Waals surface area (Å²) in [5.74, 6) is -0.735. The number of carbonyl (C=O) groups is 1. The lowest BCUT2D eigenvalue weighted by Gasteiger charge is -2.17. The van der Waals surface area contributed by atoms with Crippen LogP contribution in [-0.4, -0.2) is 16.2 Å². The lowest BCUT2D eigenvalue weighted by atomic mass is 9.94. The second-order valence-electron chi connectivity index (χ2n) is 3.98. The Kier molecular flexibility index (Phi) is 3.90. The van der Waals surface area contributed by atoms with Crippen molar-refractivity contribution in [1.29, 1.82) is 0 Å². The summed E-state index contributed by atoms with van der Waals surface area (Å²) < 4.78 is 0. The van der Waals surface area contributed by atoms with Gasteiger partial charge in [0.05, 0.1) is 0 Å². The zero-order valence-corrected chi connectivity index (χ0v) is 9.53. The molecular formula is C12H17NO3. The van der Waals surface area contributed by atoms with E-state index in [0.29, 0.717) is 12.0 Å². The maximum Gasteiger partial charge on any atom is 0.303 e. The molecule has 0 fully saturated rings. The number of aromatic hydroxyl groups is 1. The molecule has 1 rings (SSSR count). The number of benzene rings is 1. The highest BCUT2D eigenvalue weighted by atomic mass is 16.4. The van der Waals surface area contributed by atoms with Crippen LogP contribution < -0.4 is 5.73 Å². The van der Waals surface area contributed by atoms with E-state index < -0.39 is 12.0 Å². The lowest BCUT2D eigenvalue weighted by molar-refractivity contribution is -0.137. The van der Waals surface area contributed by atoms with E-state index in [-0.39, 0.29) is 12.2 Å². The zero-order valence-electron chi connectivity index (χ0n) is 9.53. The van der Waals surface area contributed by atoms with Gasteiger partial charge in [0.1, 0.15) is 5.75 Å². The van der Waals surface area contributed by atoms with Crippen LogP contribution in [0.1, 0.15) is 35.6 Å². The molecule has 1 atom stereocenters. The van der Waals surface area contributed by atoms with E-state index in [1.54, 1.807) is 6.07 Å². The number of phenolic OH excluding ortho intramolecular Hbond substituents is 1. The molecule has 4 heteroatoms. The number of aliphatic carboxylic acids is 1. The van der Waals surface area contributed by atoms with Gasteiger partial charge in [-0.15, -0.1) is 0 Å². The minimum absolute atomic E-state index is 0.00793. The first-order valence-corrected chi connectivity index (χ1v) is 5.20. The fourth-order valence-electron chi connectivity index (χ4n) is 1.71. The van der Waals surface area contributed by atoms with E-state index in [4.69, 9.17) is 10.8 Å². The van der Waals surface area contributed by atoms with Crippen molar-refractivity contribution in [3.63, 3.8) is 0 Å². The van der Waals surface area contributed by atoms with Gasteiger partial charge < -0.3 is 15.9 Å². The number of hydrogen-bond acceptors (Lipinski definition) is 3. The van der Waals surface area contributed by atoms with Gasteiger partial charge in [0.2, 0.25) is 0 Å². The smallest absolute Gasteiger partial charge is 0.303 e. The third-order valence-electron chi connectivity index (χ3n) is 2.80. The van der Waals surface area contributed by atoms with Crippen molar-refractivity contribution in [3.05, 3.63) is 28.8 Å². The molecule has 1 aromatic carbocycles. The summed E-state index contributed by atoms with van der Waals surface area (Å²) in [5, 5.41) is 18.3. The molecule has 88 valence electrons. The molecule has 0 aliphatic heterocycles. The Morgan fingerprint density at radius 2 is 2.06 bits per heavy atom. The maximum atomic E-state index is 10.5. The molecule has 0 radical (unpaired) electrons. The molecule has 4 N–H and O–H groups in total. The third kappa shape index (κ3) is 2.73. The largest absolute Gasteiger partial charge is 0.508 e. The van der Waals surface area contributed by atoms with E-state index in [2.05, 4.69) is 0 Å². The Bertz CT molecular complexity index is 401. The van der Waals surface area contributed by atoms with Crippen molar-refractivity contribution in [2.45, 2.75) is 32.7 Å². The number of hydrogen-bond donors (Lipinski definition) is 3. The predicted octanol–water partition coefficient (Wildman–Crippen LogP) is 1.87. The molecule has 0 saturated carbocycles. The predicted molar refractivity (Wildman–Crippen MR) is 61.4 cm³/mol. The van der Waals surface area contributed by atoms with Crippen molar-refractivity contribution in [3.8, 4) is 5.75 Å². The Balaban J connectivity index is 2.94. The molecule has 0 aromatic heterocycles. The molecule has 0 bridgehead atoms. The second-order valence-corrected chi connectivity index (χ2v) is 3.98. The average molecular weight is 223 g/mol. The number of rotatable bonds is 4. The Morgan fingerprint density at radius 1 is 1.44 bits per heavy atom. The molecular weight excluding hydrogens is 206 g/mol. The first-order chi connectivity index (χ1) is 7.43. The highest BCUT2D eigenvalue weighted by molar-refractivity contribution is 5.66. The van der Waals surface area contributed by atoms with Crippen molar-refractivity contribution in [2.75, 3.05) is 0 Å². The minimum Gasteiger partial charge on any atom is -0.508 e. The molecule has 0 aliphatic carbocycles. The molecule has 0 heterocycles. The molecule has 0 amide bonds. The third-order valence-corrected chi connectivity index (χ3v) is 2.80. The summed E-state index contributed by atoms with van der Waals surface area (Å²) in [6, 6.07) is 2.98. The Hall–Kier alpha value is -1.55. The van der Waals surface area contributed by atoms with Crippen LogP contribution in [0.3, 0.4) is 0 Å². The summed E-state index contributed by atoms with van der Waals surface area (Å²) in [7, 11) is 0. The molecule has 0 aliphatic rings. The van der Waals surface area contributed by atoms with Gasteiger partial charge in [-0.1, -0.05) is 6.07 Å². The average Bonchev–Trinajstić information content (AvgIpc) is 2.21. The lowest BCUT2D eigenvalue weighted by Crippen LogP contribution is -2.14. The van der Waals surface area contributed by atoms with Gasteiger partial charge in [0, 0.05) is 18.0 Å². The highest BCUT2D eigenvalue weighted by Gasteiger charge is 2.16. The van der Waals surface area contributed by atoms with Crippen molar-refractivity contribution >= 4 is 5.97 Å². The fourth-order valence-corrected chi connectivity index (χ4v) is 1.71. The normalized spacial score (nSPS) is 12.4. The van der Waals surface area contributed by atoms with Gasteiger partial charge in [-0.05, 0) is 37.5 Å². The van der Waals surface area contributed by atoms with Crippen molar-refractivity contribution < 1.29 is 15.0 Å². The maximum absolute atomic E-state index is 10.5. The number of carboxylic acid groups (broad SMARTS) is 1. The minimum atomic E-state index is -0.875. The van der Waals surface area contributed by atoms with Crippen LogP contribution in [0.2, 0.25) is 0 Å². The van der Waals surface area contributed by atoms with E-state index in [9.17, 15) is 9.90 Å². The van der Waals surface area contributed by atoms with Crippen LogP contribution in [0.15, 0.2) is 12.1 Å². The molecule has 1 unspecified atom stereocenters. The molecule has 4 nitrogen and oxygen atoms in total. The van der Waals surface area contributed by atoms with Gasteiger partial charge in [0.25, 0.3) is 0 Å². The Labute approximate surface area is 94.7 Å². The summed E-state index contributed by atoms with van der Waals surface area (Å²) in [6.07, 6.45) is 0.334. The van der Waals surface area contributed by atoms with E-state index in [0.717, 1.165) is 11.1 Å². The Morgan fingerprint density at radius 3 is 2.62 bits per heavy atom. The SMILES string of the molecule is Cc1ccc(O)c(C(N)CCC(=O)O)c1C. The molecule has 0 saturated heterocycles. The fraction of sp³-hybridized carbons (Fsp3) is 0.417. The van der Waals surface area contributed by atoms with Gasteiger partial charge in [0.15, 0.2) is 0 Å². The standard InChI is InChI=1S/C12H17NO3/c1-7-3-5-10(14)12(8(7)2)9(13)4-6-11(15)16/h3,5,9,14H,4,6,13H2,1-2H3,(H,15,16). The van der Waals surface area contributed by atoms with Crippen LogP contribution in [-0.2, 0) is 4.79 Å². The summed E-state index contributed by atoms with van der Waals surface area (Å²) in [4.78, 5) is 10.5. The van der Waals surface area contributed by atoms with Crippen LogP contribution in [0.4, 0.5) is 0 Å². The van der Waals surface area contributed by atoms with Crippen LogP contribution in [0.25, 0.3) is 0 Å². The first-order valence-electron chi connectivity index (χ1n) is 5.20. The first kappa shape index (κ1) is 12.5. The van der Waals surface area contributed by atoms with Gasteiger partial charge in [-0.3, -0.25) is 4.79 Å². The number of aryl methyl sites for hydroxylation is 1. The van der Waals surface area contributed by atoms with Gasteiger partial charge >= 0.3 is 5.97 Å². The van der Waals surface area contributed by atoms with Crippen molar-refractivity contribution in [1.82, 2.24) is 0 Å². The molecule has 16 heavy (non-hydrogen) atoms. The number of phenols is 1. The van der Waals surface area contributed by atoms with Crippen molar-refractivity contribution in [2.24, 2.45) is 5.73 Å². The van der Waals surface area contributed by atoms with Gasteiger partial charge in [-0.2, -0.15) is 0 Å². The summed E-state index contributed by atoms with van der Waals surface area (Å²) >= 11 is 0. The van der Waals surface area contributed by atoms with Crippen LogP contribution in [0.5, 0.6) is 5.75 Å². The zero-order chi connectivity index (χ0) is 12.3. The second kappa shape index (κ2) is 4.99. The number of nitrogens with two attached hydrogens (primary N) is 1. The van der Waals surface area contributed by atoms with E-state index >= 15 is 0 Å². The molecule has 0 spiro atoms. The topological polar surface area (TPSA) is 83.5 Å².